The number of aryl methyl sites for hydroxylation is 1. The molecule has 5 rings (SSSR count). The van der Waals surface area contributed by atoms with E-state index in [0.29, 0.717) is 40.5 Å². The van der Waals surface area contributed by atoms with Crippen molar-refractivity contribution in [3.63, 3.8) is 0 Å². The summed E-state index contributed by atoms with van der Waals surface area (Å²) in [4.78, 5) is 39.5. The molecule has 0 radical (unpaired) electrons. The summed E-state index contributed by atoms with van der Waals surface area (Å²) in [7, 11) is 1.49. The Morgan fingerprint density at radius 2 is 1.52 bits per heavy atom. The van der Waals surface area contributed by atoms with Gasteiger partial charge in [-0.1, -0.05) is 60.7 Å². The molecule has 1 heterocycles. The number of amides is 1. The van der Waals surface area contributed by atoms with Crippen molar-refractivity contribution in [1.29, 1.82) is 0 Å². The van der Waals surface area contributed by atoms with Gasteiger partial charge in [0, 0.05) is 16.8 Å². The van der Waals surface area contributed by atoms with Crippen LogP contribution in [0.25, 0.3) is 5.76 Å². The van der Waals surface area contributed by atoms with Gasteiger partial charge in [-0.15, -0.1) is 0 Å². The molecule has 1 saturated heterocycles. The Hall–Kier alpha value is -5.37. The number of carboxylic acid groups (broad SMARTS) is 1. The average molecular weight is 564 g/mol. The fourth-order valence-corrected chi connectivity index (χ4v) is 5.08. The summed E-state index contributed by atoms with van der Waals surface area (Å²) in [5.41, 5.74) is 3.45. The molecular weight excluding hydrogens is 534 g/mol. The van der Waals surface area contributed by atoms with E-state index < -0.39 is 23.7 Å². The van der Waals surface area contributed by atoms with Crippen LogP contribution in [-0.2, 0) is 27.4 Å². The standard InChI is InChI=1S/C34H29NO7/c1-21-18-24(14-17-27(21)42-20-23-8-4-3-5-9-23)32(38)30-31(26-10-6-7-11-28(26)41-2)35(34(40)33(30)39)25-15-12-22(13-16-25)19-29(36)37/h3-18,31,38H,19-20H2,1-2H3,(H,36,37)/b32-30+. The molecule has 2 N–H and O–H groups in total. The largest absolute Gasteiger partial charge is 0.507 e. The van der Waals surface area contributed by atoms with Crippen molar-refractivity contribution in [2.45, 2.75) is 26.0 Å². The lowest BCUT2D eigenvalue weighted by atomic mass is 9.94. The van der Waals surface area contributed by atoms with Crippen LogP contribution in [0.2, 0.25) is 0 Å². The maximum atomic E-state index is 13.6. The van der Waals surface area contributed by atoms with Crippen molar-refractivity contribution in [3.8, 4) is 11.5 Å². The highest BCUT2D eigenvalue weighted by atomic mass is 16.5. The number of aliphatic hydroxyl groups excluding tert-OH is 1. The Morgan fingerprint density at radius 1 is 0.833 bits per heavy atom. The predicted molar refractivity (Wildman–Crippen MR) is 158 cm³/mol. The van der Waals surface area contributed by atoms with Crippen molar-refractivity contribution >= 4 is 29.1 Å². The quantitative estimate of drug-likeness (QED) is 0.150. The number of ether oxygens (including phenoxy) is 2. The number of nitrogens with zero attached hydrogens (tertiary/aromatic N) is 1. The van der Waals surface area contributed by atoms with Crippen LogP contribution in [-0.4, -0.2) is 35.0 Å². The minimum atomic E-state index is -0.999. The lowest BCUT2D eigenvalue weighted by molar-refractivity contribution is -0.136. The summed E-state index contributed by atoms with van der Waals surface area (Å²) in [6.45, 7) is 2.21. The highest BCUT2D eigenvalue weighted by molar-refractivity contribution is 6.51. The van der Waals surface area contributed by atoms with Gasteiger partial charge < -0.3 is 19.7 Å². The lowest BCUT2D eigenvalue weighted by Gasteiger charge is -2.26. The van der Waals surface area contributed by atoms with Crippen LogP contribution in [0, 0.1) is 6.92 Å². The summed E-state index contributed by atoms with van der Waals surface area (Å²) in [6.07, 6.45) is -0.181. The van der Waals surface area contributed by atoms with Crippen molar-refractivity contribution < 1.29 is 34.1 Å². The first kappa shape index (κ1) is 28.2. The number of benzene rings is 4. The normalized spacial score (nSPS) is 16.0. The second kappa shape index (κ2) is 12.0. The molecule has 1 fully saturated rings. The van der Waals surface area contributed by atoms with E-state index in [1.165, 1.54) is 12.0 Å². The molecule has 1 atom stereocenters. The Kier molecular flexibility index (Phi) is 8.06. The molecule has 8 heteroatoms. The average Bonchev–Trinajstić information content (AvgIpc) is 3.26. The van der Waals surface area contributed by atoms with E-state index in [2.05, 4.69) is 0 Å². The van der Waals surface area contributed by atoms with Crippen LogP contribution < -0.4 is 14.4 Å². The zero-order valence-electron chi connectivity index (χ0n) is 23.1. The zero-order chi connectivity index (χ0) is 29.8. The molecule has 8 nitrogen and oxygen atoms in total. The molecule has 212 valence electrons. The van der Waals surface area contributed by atoms with Gasteiger partial charge in [-0.05, 0) is 60.0 Å². The molecule has 0 bridgehead atoms. The minimum Gasteiger partial charge on any atom is -0.507 e. The third-order valence-corrected chi connectivity index (χ3v) is 7.13. The second-order valence-corrected chi connectivity index (χ2v) is 9.90. The topological polar surface area (TPSA) is 113 Å². The summed E-state index contributed by atoms with van der Waals surface area (Å²) in [6, 6.07) is 27.2. The third-order valence-electron chi connectivity index (χ3n) is 7.13. The van der Waals surface area contributed by atoms with Crippen molar-refractivity contribution in [2.75, 3.05) is 12.0 Å². The molecular formula is C34H29NO7. The van der Waals surface area contributed by atoms with Crippen LogP contribution >= 0.6 is 0 Å². The van der Waals surface area contributed by atoms with Gasteiger partial charge in [0.25, 0.3) is 11.7 Å². The fourth-order valence-electron chi connectivity index (χ4n) is 5.08. The molecule has 4 aromatic rings. The number of carbonyl (C=O) groups excluding carboxylic acids is 2. The monoisotopic (exact) mass is 563 g/mol. The smallest absolute Gasteiger partial charge is 0.307 e. The van der Waals surface area contributed by atoms with Gasteiger partial charge in [0.05, 0.1) is 25.1 Å². The molecule has 0 saturated carbocycles. The summed E-state index contributed by atoms with van der Waals surface area (Å²) < 4.78 is 11.5. The number of hydrogen-bond donors (Lipinski definition) is 2. The zero-order valence-corrected chi connectivity index (χ0v) is 23.1. The summed E-state index contributed by atoms with van der Waals surface area (Å²) in [5, 5.41) is 20.7. The number of hydrogen-bond acceptors (Lipinski definition) is 6. The van der Waals surface area contributed by atoms with Gasteiger partial charge in [-0.3, -0.25) is 19.3 Å². The molecule has 1 unspecified atom stereocenters. The van der Waals surface area contributed by atoms with Crippen LogP contribution in [0.15, 0.2) is 103 Å². The third kappa shape index (κ3) is 5.60. The highest BCUT2D eigenvalue weighted by Gasteiger charge is 2.48. The number of methoxy groups -OCH3 is 1. The van der Waals surface area contributed by atoms with Gasteiger partial charge in [0.15, 0.2) is 0 Å². The van der Waals surface area contributed by atoms with Crippen LogP contribution in [0.3, 0.4) is 0 Å². The number of Topliss-reactive ketones (excluding diaryl/α,β-unsaturated/α-hetero) is 1. The minimum absolute atomic E-state index is 0.0866. The number of aliphatic hydroxyl groups is 1. The number of rotatable bonds is 9. The van der Waals surface area contributed by atoms with Gasteiger partial charge in [0.1, 0.15) is 23.9 Å². The van der Waals surface area contributed by atoms with E-state index in [1.54, 1.807) is 66.7 Å². The van der Waals surface area contributed by atoms with Gasteiger partial charge >= 0.3 is 5.97 Å². The number of anilines is 1. The SMILES string of the molecule is COc1ccccc1C1/C(=C(\O)c2ccc(OCc3ccccc3)c(C)c2)C(=O)C(=O)N1c1ccc(CC(=O)O)cc1. The molecule has 0 spiro atoms. The number of aliphatic carboxylic acids is 1. The van der Waals surface area contributed by atoms with Crippen LogP contribution in [0.1, 0.15) is 33.9 Å². The molecule has 1 aliphatic rings. The van der Waals surface area contributed by atoms with Gasteiger partial charge in [0.2, 0.25) is 0 Å². The lowest BCUT2D eigenvalue weighted by Crippen LogP contribution is -2.29. The first-order valence-corrected chi connectivity index (χ1v) is 13.3. The number of para-hydroxylation sites is 1. The Bertz CT molecular complexity index is 1680. The molecule has 0 aliphatic carbocycles. The predicted octanol–water partition coefficient (Wildman–Crippen LogP) is 5.84. The van der Waals surface area contributed by atoms with Crippen molar-refractivity contribution in [3.05, 3.63) is 130 Å². The second-order valence-electron chi connectivity index (χ2n) is 9.90. The number of carboxylic acids is 1. The maximum Gasteiger partial charge on any atom is 0.307 e. The Balaban J connectivity index is 1.57. The maximum absolute atomic E-state index is 13.6. The first-order valence-electron chi connectivity index (χ1n) is 13.3. The fraction of sp³-hybridized carbons (Fsp3) is 0.147. The van der Waals surface area contributed by atoms with Gasteiger partial charge in [-0.2, -0.15) is 0 Å². The van der Waals surface area contributed by atoms with E-state index >= 15 is 0 Å². The Morgan fingerprint density at radius 3 is 2.19 bits per heavy atom. The van der Waals surface area contributed by atoms with Crippen LogP contribution in [0.4, 0.5) is 5.69 Å². The number of ketones is 1. The molecule has 0 aromatic heterocycles. The Labute approximate surface area is 243 Å². The van der Waals surface area contributed by atoms with E-state index in [1.807, 2.05) is 37.3 Å². The van der Waals surface area contributed by atoms with Crippen molar-refractivity contribution in [1.82, 2.24) is 0 Å². The van der Waals surface area contributed by atoms with Gasteiger partial charge in [-0.25, -0.2) is 0 Å². The highest BCUT2D eigenvalue weighted by Crippen LogP contribution is 2.45. The number of carbonyl (C=O) groups is 3. The van der Waals surface area contributed by atoms with E-state index in [4.69, 9.17) is 14.6 Å². The summed E-state index contributed by atoms with van der Waals surface area (Å²) >= 11 is 0. The molecule has 4 aromatic carbocycles. The molecule has 42 heavy (non-hydrogen) atoms. The van der Waals surface area contributed by atoms with E-state index in [9.17, 15) is 19.5 Å². The summed E-state index contributed by atoms with van der Waals surface area (Å²) in [5.74, 6) is -1.92. The van der Waals surface area contributed by atoms with E-state index in [0.717, 1.165) is 11.1 Å². The van der Waals surface area contributed by atoms with Crippen LogP contribution in [0.5, 0.6) is 11.5 Å². The first-order chi connectivity index (χ1) is 20.3. The van der Waals surface area contributed by atoms with Crippen molar-refractivity contribution in [2.24, 2.45) is 0 Å². The molecule has 1 amide bonds. The molecule has 1 aliphatic heterocycles. The van der Waals surface area contributed by atoms with E-state index in [-0.39, 0.29) is 17.8 Å².